The van der Waals surface area contributed by atoms with E-state index in [1.807, 2.05) is 0 Å². The quantitative estimate of drug-likeness (QED) is 0.894. The van der Waals surface area contributed by atoms with Crippen LogP contribution in [-0.2, 0) is 11.2 Å². The lowest BCUT2D eigenvalue weighted by Gasteiger charge is -2.31. The van der Waals surface area contributed by atoms with Crippen LogP contribution in [0, 0.1) is 5.92 Å². The van der Waals surface area contributed by atoms with Gasteiger partial charge in [0.1, 0.15) is 0 Å². The molecule has 0 radical (unpaired) electrons. The Morgan fingerprint density at radius 2 is 1.87 bits per heavy atom. The molecule has 0 aliphatic carbocycles. The number of nitrogens with zero attached hydrogens (tertiary/aromatic N) is 1. The molecule has 1 N–H and O–H groups in total. The normalized spacial score (nSPS) is 29.4. The van der Waals surface area contributed by atoms with Crippen LogP contribution in [0.15, 0.2) is 24.3 Å². The number of fused-ring (bicyclic) bond motifs is 3. The molecular weight excluding hydrogens is 308 g/mol. The molecule has 1 aromatic rings. The summed E-state index contributed by atoms with van der Waals surface area (Å²) in [4.78, 5) is 15.0. The minimum absolute atomic E-state index is 0. The molecule has 2 unspecified atom stereocenters. The summed E-state index contributed by atoms with van der Waals surface area (Å²) in [7, 11) is 0. The molecule has 126 valence electrons. The van der Waals surface area contributed by atoms with Gasteiger partial charge in [0.05, 0.1) is 0 Å². The fraction of sp³-hybridized carbons (Fsp3) is 0.632. The van der Waals surface area contributed by atoms with Gasteiger partial charge in [-0.1, -0.05) is 18.2 Å². The summed E-state index contributed by atoms with van der Waals surface area (Å²) in [6, 6.07) is 9.82. The van der Waals surface area contributed by atoms with E-state index in [4.69, 9.17) is 0 Å². The maximum Gasteiger partial charge on any atom is 0.227 e. The number of anilines is 1. The van der Waals surface area contributed by atoms with Crippen LogP contribution < -0.4 is 10.2 Å². The van der Waals surface area contributed by atoms with Crippen LogP contribution in [0.2, 0.25) is 0 Å². The number of rotatable bonds is 2. The van der Waals surface area contributed by atoms with Crippen LogP contribution in [-0.4, -0.2) is 24.5 Å². The highest BCUT2D eigenvalue weighted by Gasteiger charge is 2.35. The van der Waals surface area contributed by atoms with Gasteiger partial charge in [0.15, 0.2) is 0 Å². The van der Waals surface area contributed by atoms with E-state index in [0.29, 0.717) is 23.9 Å². The molecule has 2 fully saturated rings. The average molecular weight is 335 g/mol. The van der Waals surface area contributed by atoms with Crippen molar-refractivity contribution in [1.29, 1.82) is 0 Å². The lowest BCUT2D eigenvalue weighted by atomic mass is 9.89. The van der Waals surface area contributed by atoms with Crippen molar-refractivity contribution in [2.24, 2.45) is 5.92 Å². The number of hydrogen-bond acceptors (Lipinski definition) is 2. The van der Waals surface area contributed by atoms with E-state index in [2.05, 4.69) is 34.5 Å². The van der Waals surface area contributed by atoms with Crippen molar-refractivity contribution >= 4 is 24.0 Å². The summed E-state index contributed by atoms with van der Waals surface area (Å²) in [6.45, 7) is 0.897. The SMILES string of the molecule is Cl.O=C(CC1CC2CCC(C1)N2)N1CCCCc2ccccc21. The van der Waals surface area contributed by atoms with E-state index in [1.165, 1.54) is 43.4 Å². The molecule has 1 aromatic carbocycles. The van der Waals surface area contributed by atoms with Crippen LogP contribution in [0.5, 0.6) is 0 Å². The van der Waals surface area contributed by atoms with Gasteiger partial charge in [-0.25, -0.2) is 0 Å². The van der Waals surface area contributed by atoms with Crippen molar-refractivity contribution in [3.8, 4) is 0 Å². The maximum absolute atomic E-state index is 12.9. The van der Waals surface area contributed by atoms with Crippen molar-refractivity contribution < 1.29 is 4.79 Å². The standard InChI is InChI=1S/C19H26N2O.ClH/c22-19(13-14-11-16-8-9-17(12-14)20-16)21-10-4-3-6-15-5-1-2-7-18(15)21;/h1-2,5,7,14,16-17,20H,3-4,6,8-13H2;1H. The highest BCUT2D eigenvalue weighted by atomic mass is 35.5. The van der Waals surface area contributed by atoms with E-state index >= 15 is 0 Å². The number of amides is 1. The molecule has 0 spiro atoms. The third-order valence-electron chi connectivity index (χ3n) is 5.70. The summed E-state index contributed by atoms with van der Waals surface area (Å²) >= 11 is 0. The Bertz CT molecular complexity index is 550. The smallest absolute Gasteiger partial charge is 0.227 e. The molecule has 2 atom stereocenters. The Morgan fingerprint density at radius 3 is 2.65 bits per heavy atom. The van der Waals surface area contributed by atoms with Gasteiger partial charge < -0.3 is 10.2 Å². The molecule has 4 heteroatoms. The van der Waals surface area contributed by atoms with E-state index in [9.17, 15) is 4.79 Å². The van der Waals surface area contributed by atoms with E-state index in [-0.39, 0.29) is 12.4 Å². The fourth-order valence-corrected chi connectivity index (χ4v) is 4.65. The largest absolute Gasteiger partial charge is 0.312 e. The molecule has 3 heterocycles. The molecule has 2 bridgehead atoms. The first kappa shape index (κ1) is 16.8. The van der Waals surface area contributed by atoms with Crippen molar-refractivity contribution in [2.45, 2.75) is 63.5 Å². The Labute approximate surface area is 145 Å². The van der Waals surface area contributed by atoms with E-state index < -0.39 is 0 Å². The van der Waals surface area contributed by atoms with Crippen LogP contribution in [0.25, 0.3) is 0 Å². The second-order valence-electron chi connectivity index (χ2n) is 7.31. The second-order valence-corrected chi connectivity index (χ2v) is 7.31. The molecule has 3 nitrogen and oxygen atoms in total. The first-order valence-corrected chi connectivity index (χ1v) is 8.94. The molecule has 1 amide bonds. The number of piperidine rings is 1. The molecule has 23 heavy (non-hydrogen) atoms. The topological polar surface area (TPSA) is 32.3 Å². The third kappa shape index (κ3) is 3.56. The predicted octanol–water partition coefficient (Wildman–Crippen LogP) is 3.70. The monoisotopic (exact) mass is 334 g/mol. The fourth-order valence-electron chi connectivity index (χ4n) is 4.65. The van der Waals surface area contributed by atoms with Crippen molar-refractivity contribution in [1.82, 2.24) is 5.32 Å². The first-order chi connectivity index (χ1) is 10.8. The highest BCUT2D eigenvalue weighted by molar-refractivity contribution is 5.94. The number of carbonyl (C=O) groups is 1. The number of benzene rings is 1. The summed E-state index contributed by atoms with van der Waals surface area (Å²) in [5.41, 5.74) is 2.51. The van der Waals surface area contributed by atoms with Gasteiger partial charge in [-0.2, -0.15) is 0 Å². The van der Waals surface area contributed by atoms with Gasteiger partial charge in [-0.3, -0.25) is 4.79 Å². The lowest BCUT2D eigenvalue weighted by Crippen LogP contribution is -2.40. The first-order valence-electron chi connectivity index (χ1n) is 8.94. The minimum atomic E-state index is 0. The Hall–Kier alpha value is -1.06. The molecule has 3 aliphatic rings. The number of hydrogen-bond donors (Lipinski definition) is 1. The number of aryl methyl sites for hydroxylation is 1. The van der Waals surface area contributed by atoms with Gasteiger partial charge in [-0.05, 0) is 62.5 Å². The van der Waals surface area contributed by atoms with Crippen molar-refractivity contribution in [3.05, 3.63) is 29.8 Å². The Kier molecular flexibility index (Phi) is 5.27. The van der Waals surface area contributed by atoms with E-state index in [0.717, 1.165) is 25.8 Å². The van der Waals surface area contributed by atoms with Gasteiger partial charge in [0, 0.05) is 30.7 Å². The molecule has 2 saturated heterocycles. The number of nitrogens with one attached hydrogen (secondary N) is 1. The third-order valence-corrected chi connectivity index (χ3v) is 5.70. The lowest BCUT2D eigenvalue weighted by molar-refractivity contribution is -0.119. The van der Waals surface area contributed by atoms with Gasteiger partial charge in [0.2, 0.25) is 5.91 Å². The zero-order valence-electron chi connectivity index (χ0n) is 13.7. The Balaban J connectivity index is 0.00000156. The summed E-state index contributed by atoms with van der Waals surface area (Å²) in [5.74, 6) is 0.933. The second kappa shape index (κ2) is 7.23. The van der Waals surface area contributed by atoms with Gasteiger partial charge in [-0.15, -0.1) is 12.4 Å². The van der Waals surface area contributed by atoms with Crippen LogP contribution >= 0.6 is 12.4 Å². The summed E-state index contributed by atoms with van der Waals surface area (Å²) in [6.07, 6.45) is 9.16. The average Bonchev–Trinajstić information content (AvgIpc) is 2.74. The summed E-state index contributed by atoms with van der Waals surface area (Å²) in [5, 5.41) is 3.67. The van der Waals surface area contributed by atoms with Crippen LogP contribution in [0.3, 0.4) is 0 Å². The minimum Gasteiger partial charge on any atom is -0.312 e. The van der Waals surface area contributed by atoms with Gasteiger partial charge >= 0.3 is 0 Å². The molecule has 0 aromatic heterocycles. The van der Waals surface area contributed by atoms with Crippen molar-refractivity contribution in [2.75, 3.05) is 11.4 Å². The number of para-hydroxylation sites is 1. The molecular formula is C19H27ClN2O. The van der Waals surface area contributed by atoms with Crippen LogP contribution in [0.1, 0.15) is 50.5 Å². The zero-order chi connectivity index (χ0) is 14.9. The predicted molar refractivity (Wildman–Crippen MR) is 96.3 cm³/mol. The van der Waals surface area contributed by atoms with Gasteiger partial charge in [0.25, 0.3) is 0 Å². The Morgan fingerprint density at radius 1 is 1.13 bits per heavy atom. The van der Waals surface area contributed by atoms with Crippen LogP contribution in [0.4, 0.5) is 5.69 Å². The molecule has 0 saturated carbocycles. The number of carbonyl (C=O) groups excluding carboxylic acids is 1. The highest BCUT2D eigenvalue weighted by Crippen LogP contribution is 2.34. The maximum atomic E-state index is 12.9. The van der Waals surface area contributed by atoms with E-state index in [1.54, 1.807) is 0 Å². The molecule has 3 aliphatic heterocycles. The molecule has 4 rings (SSSR count). The number of halogens is 1. The zero-order valence-corrected chi connectivity index (χ0v) is 14.5. The van der Waals surface area contributed by atoms with Crippen molar-refractivity contribution in [3.63, 3.8) is 0 Å². The summed E-state index contributed by atoms with van der Waals surface area (Å²) < 4.78 is 0.